The normalized spacial score (nSPS) is 12.9. The fourth-order valence-electron chi connectivity index (χ4n) is 1.95. The Labute approximate surface area is 121 Å². The molecule has 0 bridgehead atoms. The minimum Gasteiger partial charge on any atom is -0.454 e. The van der Waals surface area contributed by atoms with Crippen LogP contribution in [0.25, 0.3) is 6.08 Å². The van der Waals surface area contributed by atoms with Gasteiger partial charge in [0.25, 0.3) is 0 Å². The van der Waals surface area contributed by atoms with E-state index in [9.17, 15) is 4.79 Å². The van der Waals surface area contributed by atoms with Crippen LogP contribution in [0.15, 0.2) is 24.3 Å². The van der Waals surface area contributed by atoms with Gasteiger partial charge >= 0.3 is 0 Å². The van der Waals surface area contributed by atoms with Crippen molar-refractivity contribution in [2.45, 2.75) is 13.8 Å². The SMILES string of the molecule is Cc1[nH]nc(NC(=O)/C=C/c2ccc3c(c2)OCO3)c1C. The number of carbonyl (C=O) groups is 1. The van der Waals surface area contributed by atoms with Crippen LogP contribution in [0.1, 0.15) is 16.8 Å². The fraction of sp³-hybridized carbons (Fsp3) is 0.200. The van der Waals surface area contributed by atoms with Crippen molar-refractivity contribution in [1.29, 1.82) is 0 Å². The summed E-state index contributed by atoms with van der Waals surface area (Å²) in [6.07, 6.45) is 3.17. The maximum atomic E-state index is 11.9. The lowest BCUT2D eigenvalue weighted by Gasteiger charge is -2.00. The van der Waals surface area contributed by atoms with Crippen molar-refractivity contribution in [2.75, 3.05) is 12.1 Å². The van der Waals surface area contributed by atoms with Crippen LogP contribution in [0.2, 0.25) is 0 Å². The number of hydrogen-bond donors (Lipinski definition) is 2. The first-order valence-electron chi connectivity index (χ1n) is 6.54. The number of hydrogen-bond acceptors (Lipinski definition) is 4. The van der Waals surface area contributed by atoms with E-state index in [2.05, 4.69) is 15.5 Å². The Morgan fingerprint density at radius 3 is 2.90 bits per heavy atom. The number of nitrogens with zero attached hydrogens (tertiary/aromatic N) is 1. The zero-order valence-electron chi connectivity index (χ0n) is 11.8. The number of benzene rings is 1. The predicted molar refractivity (Wildman–Crippen MR) is 78.3 cm³/mol. The van der Waals surface area contributed by atoms with Crippen molar-refractivity contribution in [3.8, 4) is 11.5 Å². The van der Waals surface area contributed by atoms with Gasteiger partial charge < -0.3 is 14.8 Å². The van der Waals surface area contributed by atoms with Crippen LogP contribution in [0.3, 0.4) is 0 Å². The maximum Gasteiger partial charge on any atom is 0.249 e. The molecule has 6 heteroatoms. The van der Waals surface area contributed by atoms with Crippen LogP contribution in [-0.4, -0.2) is 22.9 Å². The molecule has 0 fully saturated rings. The quantitative estimate of drug-likeness (QED) is 0.849. The molecule has 0 saturated heterocycles. The lowest BCUT2D eigenvalue weighted by Crippen LogP contribution is -2.09. The molecule has 0 aliphatic carbocycles. The molecule has 0 atom stereocenters. The molecule has 0 radical (unpaired) electrons. The van der Waals surface area contributed by atoms with Gasteiger partial charge in [0.05, 0.1) is 0 Å². The van der Waals surface area contributed by atoms with E-state index in [1.165, 1.54) is 6.08 Å². The van der Waals surface area contributed by atoms with Crippen LogP contribution in [0, 0.1) is 13.8 Å². The zero-order valence-corrected chi connectivity index (χ0v) is 11.8. The second-order valence-corrected chi connectivity index (χ2v) is 4.76. The van der Waals surface area contributed by atoms with Gasteiger partial charge in [0.2, 0.25) is 12.7 Å². The van der Waals surface area contributed by atoms with Crippen molar-refractivity contribution in [3.63, 3.8) is 0 Å². The van der Waals surface area contributed by atoms with Crippen LogP contribution < -0.4 is 14.8 Å². The number of aromatic amines is 1. The van der Waals surface area contributed by atoms with Gasteiger partial charge in [0, 0.05) is 17.3 Å². The molecular formula is C15H15N3O3. The molecule has 2 N–H and O–H groups in total. The summed E-state index contributed by atoms with van der Waals surface area (Å²) in [5.74, 6) is 1.73. The van der Waals surface area contributed by atoms with Crippen molar-refractivity contribution in [2.24, 2.45) is 0 Å². The average Bonchev–Trinajstić information content (AvgIpc) is 3.06. The van der Waals surface area contributed by atoms with E-state index in [0.29, 0.717) is 11.6 Å². The van der Waals surface area contributed by atoms with Gasteiger partial charge in [-0.15, -0.1) is 0 Å². The second kappa shape index (κ2) is 5.32. The third kappa shape index (κ3) is 2.74. The largest absolute Gasteiger partial charge is 0.454 e. The Balaban J connectivity index is 1.68. The number of rotatable bonds is 3. The minimum atomic E-state index is -0.234. The summed E-state index contributed by atoms with van der Waals surface area (Å²) in [5.41, 5.74) is 2.73. The molecule has 0 unspecified atom stereocenters. The molecule has 2 heterocycles. The molecule has 21 heavy (non-hydrogen) atoms. The summed E-state index contributed by atoms with van der Waals surface area (Å²) in [4.78, 5) is 11.9. The minimum absolute atomic E-state index is 0.234. The summed E-state index contributed by atoms with van der Waals surface area (Å²) in [5, 5.41) is 9.58. The highest BCUT2D eigenvalue weighted by atomic mass is 16.7. The van der Waals surface area contributed by atoms with E-state index >= 15 is 0 Å². The number of H-pyrrole nitrogens is 1. The van der Waals surface area contributed by atoms with Crippen molar-refractivity contribution in [3.05, 3.63) is 41.1 Å². The van der Waals surface area contributed by atoms with Crippen molar-refractivity contribution >= 4 is 17.8 Å². The standard InChI is InChI=1S/C15H15N3O3/c1-9-10(2)17-18-15(9)16-14(19)6-4-11-3-5-12-13(7-11)21-8-20-12/h3-7H,8H2,1-2H3,(H2,16,17,18,19)/b6-4+. The maximum absolute atomic E-state index is 11.9. The van der Waals surface area contributed by atoms with Crippen LogP contribution in [0.5, 0.6) is 11.5 Å². The Bertz CT molecular complexity index is 719. The molecule has 0 saturated carbocycles. The third-order valence-corrected chi connectivity index (χ3v) is 3.32. The molecular weight excluding hydrogens is 270 g/mol. The van der Waals surface area contributed by atoms with E-state index in [0.717, 1.165) is 22.6 Å². The van der Waals surface area contributed by atoms with Crippen LogP contribution in [0.4, 0.5) is 5.82 Å². The van der Waals surface area contributed by atoms with E-state index < -0.39 is 0 Å². The highest BCUT2D eigenvalue weighted by molar-refractivity contribution is 6.01. The Morgan fingerprint density at radius 1 is 1.33 bits per heavy atom. The summed E-state index contributed by atoms with van der Waals surface area (Å²) in [6, 6.07) is 5.51. The van der Waals surface area contributed by atoms with Gasteiger partial charge in [-0.3, -0.25) is 9.89 Å². The van der Waals surface area contributed by atoms with Crippen molar-refractivity contribution < 1.29 is 14.3 Å². The Kier molecular flexibility index (Phi) is 3.35. The highest BCUT2D eigenvalue weighted by Crippen LogP contribution is 2.32. The molecule has 2 aromatic rings. The number of aromatic nitrogens is 2. The average molecular weight is 285 g/mol. The second-order valence-electron chi connectivity index (χ2n) is 4.76. The lowest BCUT2D eigenvalue weighted by molar-refractivity contribution is -0.111. The van der Waals surface area contributed by atoms with E-state index in [1.807, 2.05) is 32.0 Å². The fourth-order valence-corrected chi connectivity index (χ4v) is 1.95. The first kappa shape index (κ1) is 13.2. The molecule has 108 valence electrons. The molecule has 1 aliphatic heterocycles. The highest BCUT2D eigenvalue weighted by Gasteiger charge is 2.12. The monoisotopic (exact) mass is 285 g/mol. The third-order valence-electron chi connectivity index (χ3n) is 3.32. The number of carbonyl (C=O) groups excluding carboxylic acids is 1. The van der Waals surface area contributed by atoms with E-state index in [-0.39, 0.29) is 12.7 Å². The van der Waals surface area contributed by atoms with Crippen molar-refractivity contribution in [1.82, 2.24) is 10.2 Å². The van der Waals surface area contributed by atoms with E-state index in [4.69, 9.17) is 9.47 Å². The smallest absolute Gasteiger partial charge is 0.249 e. The summed E-state index contributed by atoms with van der Waals surface area (Å²) in [6.45, 7) is 4.04. The van der Waals surface area contributed by atoms with E-state index in [1.54, 1.807) is 6.08 Å². The van der Waals surface area contributed by atoms with Crippen LogP contribution >= 0.6 is 0 Å². The number of fused-ring (bicyclic) bond motifs is 1. The van der Waals surface area contributed by atoms with Gasteiger partial charge in [-0.25, -0.2) is 0 Å². The predicted octanol–water partition coefficient (Wildman–Crippen LogP) is 2.41. The molecule has 1 amide bonds. The topological polar surface area (TPSA) is 76.2 Å². The lowest BCUT2D eigenvalue weighted by atomic mass is 10.2. The molecule has 6 nitrogen and oxygen atoms in total. The Hall–Kier alpha value is -2.76. The number of nitrogens with one attached hydrogen (secondary N) is 2. The summed E-state index contributed by atoms with van der Waals surface area (Å²) >= 11 is 0. The molecule has 1 aliphatic rings. The number of amides is 1. The first-order chi connectivity index (χ1) is 10.1. The van der Waals surface area contributed by atoms with Gasteiger partial charge in [-0.05, 0) is 37.6 Å². The van der Waals surface area contributed by atoms with Gasteiger partial charge in [-0.1, -0.05) is 6.07 Å². The Morgan fingerprint density at radius 2 is 2.14 bits per heavy atom. The van der Waals surface area contributed by atoms with Crippen LogP contribution in [-0.2, 0) is 4.79 Å². The summed E-state index contributed by atoms with van der Waals surface area (Å²) in [7, 11) is 0. The molecule has 1 aromatic heterocycles. The molecule has 3 rings (SSSR count). The number of anilines is 1. The van der Waals surface area contributed by atoms with Gasteiger partial charge in [0.15, 0.2) is 17.3 Å². The molecule has 0 spiro atoms. The zero-order chi connectivity index (χ0) is 14.8. The number of aryl methyl sites for hydroxylation is 1. The summed E-state index contributed by atoms with van der Waals surface area (Å²) < 4.78 is 10.5. The first-order valence-corrected chi connectivity index (χ1v) is 6.54. The van der Waals surface area contributed by atoms with Gasteiger partial charge in [-0.2, -0.15) is 5.10 Å². The molecule has 1 aromatic carbocycles. The van der Waals surface area contributed by atoms with Gasteiger partial charge in [0.1, 0.15) is 0 Å². The number of ether oxygens (including phenoxy) is 2.